The number of nitrogens with one attached hydrogen (secondary N) is 1. The Morgan fingerprint density at radius 2 is 2.05 bits per heavy atom. The third kappa shape index (κ3) is 5.84. The fraction of sp³-hybridized carbons (Fsp3) is 0.500. The highest BCUT2D eigenvalue weighted by Crippen LogP contribution is 2.46. The van der Waals surface area contributed by atoms with Crippen molar-refractivity contribution in [1.29, 1.82) is 0 Å². The first-order valence-corrected chi connectivity index (χ1v) is 14.4. The Balaban J connectivity index is 1.55. The molecule has 0 saturated carbocycles. The number of unbranched alkanes of at least 4 members (excludes halogenated alkanes) is 1. The van der Waals surface area contributed by atoms with Gasteiger partial charge in [0.15, 0.2) is 11.3 Å². The van der Waals surface area contributed by atoms with Gasteiger partial charge in [0.2, 0.25) is 18.0 Å². The van der Waals surface area contributed by atoms with E-state index in [4.69, 9.17) is 14.3 Å². The molecule has 1 aromatic heterocycles. The Morgan fingerprint density at radius 3 is 2.74 bits per heavy atom. The van der Waals surface area contributed by atoms with E-state index in [0.717, 1.165) is 18.2 Å². The highest BCUT2D eigenvalue weighted by molar-refractivity contribution is 5.99. The summed E-state index contributed by atoms with van der Waals surface area (Å²) < 4.78 is 39.9. The molecule has 1 saturated heterocycles. The van der Waals surface area contributed by atoms with Gasteiger partial charge in [-0.1, -0.05) is 24.6 Å². The molecule has 3 aliphatic heterocycles. The average molecular weight is 601 g/mol. The largest absolute Gasteiger partial charge is 0.451 e. The highest BCUT2D eigenvalue weighted by atomic mass is 19.1. The predicted octanol–water partition coefficient (Wildman–Crippen LogP) is 3.84. The van der Waals surface area contributed by atoms with Crippen LogP contribution in [0.5, 0.6) is 5.75 Å². The van der Waals surface area contributed by atoms with E-state index in [1.807, 2.05) is 20.8 Å². The van der Waals surface area contributed by atoms with Crippen molar-refractivity contribution in [1.82, 2.24) is 14.8 Å². The monoisotopic (exact) mass is 600 g/mol. The molecular weight excluding hydrogens is 566 g/mol. The van der Waals surface area contributed by atoms with Gasteiger partial charge in [-0.15, -0.1) is 0 Å². The summed E-state index contributed by atoms with van der Waals surface area (Å²) >= 11 is 0. The average Bonchev–Trinajstić information content (AvgIpc) is 3.30. The van der Waals surface area contributed by atoms with Gasteiger partial charge < -0.3 is 29.1 Å². The van der Waals surface area contributed by atoms with E-state index >= 15 is 0 Å². The van der Waals surface area contributed by atoms with Gasteiger partial charge >= 0.3 is 5.97 Å². The number of carbonyl (C=O) groups excluding carboxylic acids is 3. The highest BCUT2D eigenvalue weighted by Gasteiger charge is 2.54. The fourth-order valence-corrected chi connectivity index (χ4v) is 5.89. The van der Waals surface area contributed by atoms with E-state index in [1.54, 1.807) is 4.90 Å². The van der Waals surface area contributed by atoms with E-state index in [0.29, 0.717) is 31.7 Å². The molecule has 1 fully saturated rings. The molecule has 43 heavy (non-hydrogen) atoms. The van der Waals surface area contributed by atoms with Crippen LogP contribution in [0.2, 0.25) is 0 Å². The molecule has 11 nitrogen and oxygen atoms in total. The lowest BCUT2D eigenvalue weighted by atomic mass is 9.84. The summed E-state index contributed by atoms with van der Waals surface area (Å²) in [6.45, 7) is 4.95. The van der Waals surface area contributed by atoms with Gasteiger partial charge in [-0.3, -0.25) is 19.2 Å². The number of hydrogen-bond acceptors (Lipinski definition) is 8. The third-order valence-electron chi connectivity index (χ3n) is 8.28. The summed E-state index contributed by atoms with van der Waals surface area (Å²) in [6, 6.07) is 2.22. The van der Waals surface area contributed by atoms with Crippen LogP contribution < -0.4 is 15.5 Å². The number of nitrogens with zero attached hydrogens (tertiary/aromatic N) is 3. The predicted molar refractivity (Wildman–Crippen MR) is 150 cm³/mol. The van der Waals surface area contributed by atoms with Crippen LogP contribution in [0.25, 0.3) is 0 Å². The van der Waals surface area contributed by atoms with E-state index in [9.17, 15) is 28.0 Å². The molecule has 5 rings (SSSR count). The Bertz CT molecular complexity index is 1540. The minimum absolute atomic E-state index is 0.0118. The Morgan fingerprint density at radius 1 is 1.26 bits per heavy atom. The number of aromatic nitrogens is 1. The summed E-state index contributed by atoms with van der Waals surface area (Å²) in [5.41, 5.74) is -1.42. The van der Waals surface area contributed by atoms with E-state index < -0.39 is 59.0 Å². The molecule has 1 N–H and O–H groups in total. The summed E-state index contributed by atoms with van der Waals surface area (Å²) in [6.07, 6.45) is 4.50. The van der Waals surface area contributed by atoms with Crippen LogP contribution in [0, 0.1) is 11.6 Å². The van der Waals surface area contributed by atoms with Gasteiger partial charge in [-0.25, -0.2) is 8.78 Å². The number of benzene rings is 1. The summed E-state index contributed by atoms with van der Waals surface area (Å²) in [5, 5.41) is 6.69. The number of fused-ring (bicyclic) bond motifs is 5. The van der Waals surface area contributed by atoms with Crippen LogP contribution in [0.1, 0.15) is 91.7 Å². The standard InChI is InChI=1S/C30H34F2N4O7/c1-4-5-6-24(37)41-16-42-27-25-29(40)35-15-23(30(10-9-18(35)3)12-17(2)34-43-30)36(25)14-21(26(27)38)28(39)33-13-19-7-8-20(31)11-22(19)32/h7-8,11,14,18,23H,4-6,9-10,12-13,15-16H2,1-3H3,(H,33,39)/t18-,23+,30-/m0/s1. The molecule has 2 amide bonds. The Kier molecular flexibility index (Phi) is 8.52. The topological polar surface area (TPSA) is 129 Å². The lowest BCUT2D eigenvalue weighted by molar-refractivity contribution is -0.150. The number of hydrogen-bond donors (Lipinski definition) is 1. The number of ether oxygens (including phenoxy) is 2. The number of esters is 1. The number of carbonyl (C=O) groups is 3. The van der Waals surface area contributed by atoms with Gasteiger partial charge in [0.25, 0.3) is 11.8 Å². The summed E-state index contributed by atoms with van der Waals surface area (Å²) in [7, 11) is 0. The molecule has 0 radical (unpaired) electrons. The Hall–Kier alpha value is -4.29. The van der Waals surface area contributed by atoms with Crippen molar-refractivity contribution < 1.29 is 37.5 Å². The second-order valence-electron chi connectivity index (χ2n) is 11.3. The van der Waals surface area contributed by atoms with Crippen LogP contribution in [0.4, 0.5) is 8.78 Å². The molecule has 1 spiro atoms. The van der Waals surface area contributed by atoms with E-state index in [-0.39, 0.29) is 42.4 Å². The van der Waals surface area contributed by atoms with Gasteiger partial charge in [0, 0.05) is 49.8 Å². The number of pyridine rings is 1. The number of halogens is 2. The molecule has 3 atom stereocenters. The number of amides is 2. The summed E-state index contributed by atoms with van der Waals surface area (Å²) in [5.74, 6) is -3.93. The van der Waals surface area contributed by atoms with Gasteiger partial charge in [-0.05, 0) is 39.2 Å². The SMILES string of the molecule is CCCCC(=O)OCOc1c2n(cc(C(=O)NCc3ccc(F)cc3F)c1=O)[C@@H]1CN(C2=O)[C@@H](C)CC[C@]12CC(C)=NO2. The third-order valence-corrected chi connectivity index (χ3v) is 8.28. The lowest BCUT2D eigenvalue weighted by Crippen LogP contribution is -2.52. The number of oxime groups is 1. The summed E-state index contributed by atoms with van der Waals surface area (Å²) in [4.78, 5) is 60.8. The van der Waals surface area contributed by atoms with Crippen LogP contribution in [-0.2, 0) is 20.9 Å². The van der Waals surface area contributed by atoms with Crippen molar-refractivity contribution in [2.45, 2.75) is 83.5 Å². The van der Waals surface area contributed by atoms with Gasteiger partial charge in [-0.2, -0.15) is 0 Å². The first kappa shape index (κ1) is 30.2. The van der Waals surface area contributed by atoms with Crippen molar-refractivity contribution in [2.24, 2.45) is 5.16 Å². The maximum absolute atomic E-state index is 14.2. The zero-order valence-corrected chi connectivity index (χ0v) is 24.3. The molecule has 2 bridgehead atoms. The maximum Gasteiger partial charge on any atom is 0.308 e. The van der Waals surface area contributed by atoms with Crippen LogP contribution >= 0.6 is 0 Å². The van der Waals surface area contributed by atoms with Crippen molar-refractivity contribution in [3.63, 3.8) is 0 Å². The minimum Gasteiger partial charge on any atom is -0.451 e. The fourth-order valence-electron chi connectivity index (χ4n) is 5.89. The smallest absolute Gasteiger partial charge is 0.308 e. The zero-order chi connectivity index (χ0) is 30.9. The van der Waals surface area contributed by atoms with Gasteiger partial charge in [0.1, 0.15) is 17.2 Å². The van der Waals surface area contributed by atoms with Gasteiger partial charge in [0.05, 0.1) is 11.8 Å². The van der Waals surface area contributed by atoms with Crippen LogP contribution in [-0.4, -0.2) is 57.9 Å². The first-order chi connectivity index (χ1) is 20.5. The van der Waals surface area contributed by atoms with Crippen LogP contribution in [0.15, 0.2) is 34.3 Å². The molecule has 1 aromatic carbocycles. The molecule has 4 heterocycles. The van der Waals surface area contributed by atoms with E-state index in [1.165, 1.54) is 16.8 Å². The Labute approximate surface area is 246 Å². The lowest BCUT2D eigenvalue weighted by Gasteiger charge is -2.42. The molecular formula is C30H34F2N4O7. The van der Waals surface area contributed by atoms with Crippen molar-refractivity contribution in [2.75, 3.05) is 13.3 Å². The first-order valence-electron chi connectivity index (χ1n) is 14.4. The number of rotatable bonds is 9. The molecule has 0 aliphatic carbocycles. The second-order valence-corrected chi connectivity index (χ2v) is 11.3. The van der Waals surface area contributed by atoms with Crippen LogP contribution in [0.3, 0.4) is 0 Å². The normalized spacial score (nSPS) is 22.4. The second kappa shape index (κ2) is 12.1. The zero-order valence-electron chi connectivity index (χ0n) is 24.3. The van der Waals surface area contributed by atoms with Crippen molar-refractivity contribution in [3.05, 3.63) is 63.1 Å². The van der Waals surface area contributed by atoms with Crippen molar-refractivity contribution in [3.8, 4) is 5.75 Å². The maximum atomic E-state index is 14.2. The quantitative estimate of drug-likeness (QED) is 0.342. The molecule has 0 unspecified atom stereocenters. The molecule has 3 aliphatic rings. The van der Waals surface area contributed by atoms with E-state index in [2.05, 4.69) is 10.5 Å². The van der Waals surface area contributed by atoms with Crippen molar-refractivity contribution >= 4 is 23.5 Å². The molecule has 230 valence electrons. The molecule has 2 aromatic rings. The molecule has 13 heteroatoms. The minimum atomic E-state index is -0.900.